The van der Waals surface area contributed by atoms with Gasteiger partial charge in [-0.15, -0.1) is 0 Å². The van der Waals surface area contributed by atoms with Gasteiger partial charge in [0.2, 0.25) is 5.91 Å². The number of likely N-dealkylation sites (N-methyl/N-ethyl adjacent to an activating group) is 1. The minimum atomic E-state index is -4.44. The lowest BCUT2D eigenvalue weighted by Gasteiger charge is -2.41. The molecule has 6 nitrogen and oxygen atoms in total. The first-order valence-corrected chi connectivity index (χ1v) is 15.7. The molecule has 5 rings (SSSR count). The molecule has 0 spiro atoms. The number of hydrogen-bond acceptors (Lipinski definition) is 4. The third-order valence-corrected chi connectivity index (χ3v) is 8.82. The third-order valence-electron chi connectivity index (χ3n) is 8.82. The predicted octanol–water partition coefficient (Wildman–Crippen LogP) is 7.38. The summed E-state index contributed by atoms with van der Waals surface area (Å²) < 4.78 is 44.7. The van der Waals surface area contributed by atoms with Gasteiger partial charge < -0.3 is 15.0 Å². The Morgan fingerprint density at radius 1 is 0.894 bits per heavy atom. The molecule has 9 heteroatoms. The number of nitrogens with zero attached hydrogens (tertiary/aromatic N) is 1. The fourth-order valence-electron chi connectivity index (χ4n) is 6.46. The molecule has 0 heterocycles. The van der Waals surface area contributed by atoms with Crippen LogP contribution in [-0.4, -0.2) is 49.4 Å². The van der Waals surface area contributed by atoms with E-state index in [0.29, 0.717) is 49.0 Å². The number of esters is 1. The minimum absolute atomic E-state index is 0.0676. The summed E-state index contributed by atoms with van der Waals surface area (Å²) in [5, 5.41) is 2.88. The molecule has 244 valence electrons. The largest absolute Gasteiger partial charge is 0.465 e. The molecule has 4 aromatic rings. The van der Waals surface area contributed by atoms with Crippen molar-refractivity contribution in [2.45, 2.75) is 43.7 Å². The summed E-state index contributed by atoms with van der Waals surface area (Å²) in [6, 6.07) is 28.6. The van der Waals surface area contributed by atoms with E-state index >= 15 is 0 Å². The molecule has 0 aliphatic heterocycles. The van der Waals surface area contributed by atoms with Crippen molar-refractivity contribution in [3.63, 3.8) is 0 Å². The Morgan fingerprint density at radius 2 is 1.55 bits per heavy atom. The topological polar surface area (TPSA) is 75.7 Å². The van der Waals surface area contributed by atoms with Gasteiger partial charge in [-0.2, -0.15) is 13.2 Å². The maximum Gasteiger partial charge on any atom is 0.416 e. The molecule has 0 saturated carbocycles. The molecular formula is C38H37F3N2O4. The first kappa shape index (κ1) is 33.4. The van der Waals surface area contributed by atoms with Crippen LogP contribution in [0.15, 0.2) is 103 Å². The number of amides is 2. The maximum atomic E-state index is 13.8. The number of rotatable bonds is 10. The first-order valence-electron chi connectivity index (χ1n) is 15.7. The highest BCUT2D eigenvalue weighted by Gasteiger charge is 2.49. The van der Waals surface area contributed by atoms with Crippen molar-refractivity contribution in [2.24, 2.45) is 0 Å². The third kappa shape index (κ3) is 6.94. The number of carbonyl (C=O) groups excluding carboxylic acids is 3. The first-order chi connectivity index (χ1) is 22.6. The van der Waals surface area contributed by atoms with Gasteiger partial charge in [0, 0.05) is 25.7 Å². The highest BCUT2D eigenvalue weighted by Crippen LogP contribution is 2.48. The molecule has 2 amide bonds. The van der Waals surface area contributed by atoms with Crippen LogP contribution in [0.25, 0.3) is 11.1 Å². The molecule has 2 unspecified atom stereocenters. The number of halogens is 3. The lowest BCUT2D eigenvalue weighted by Crippen LogP contribution is -2.45. The van der Waals surface area contributed by atoms with Crippen LogP contribution in [0, 0.1) is 0 Å². The number of benzene rings is 4. The average molecular weight is 643 g/mol. The van der Waals surface area contributed by atoms with Gasteiger partial charge in [-0.05, 0) is 72.2 Å². The summed E-state index contributed by atoms with van der Waals surface area (Å²) in [6.45, 7) is 2.71. The molecule has 47 heavy (non-hydrogen) atoms. The fraction of sp³-hybridized carbons (Fsp3) is 0.289. The van der Waals surface area contributed by atoms with Crippen molar-refractivity contribution in [3.05, 3.63) is 131 Å². The van der Waals surface area contributed by atoms with E-state index in [1.54, 1.807) is 43.1 Å². The zero-order valence-electron chi connectivity index (χ0n) is 26.3. The van der Waals surface area contributed by atoms with Crippen LogP contribution in [0.1, 0.15) is 64.7 Å². The quantitative estimate of drug-likeness (QED) is 0.145. The Balaban J connectivity index is 1.24. The van der Waals surface area contributed by atoms with Crippen molar-refractivity contribution >= 4 is 17.8 Å². The fourth-order valence-corrected chi connectivity index (χ4v) is 6.46. The van der Waals surface area contributed by atoms with Gasteiger partial charge >= 0.3 is 12.1 Å². The molecular weight excluding hydrogens is 605 g/mol. The molecule has 1 N–H and O–H groups in total. The Bertz CT molecular complexity index is 1720. The van der Waals surface area contributed by atoms with Gasteiger partial charge in [0.1, 0.15) is 5.41 Å². The predicted molar refractivity (Wildman–Crippen MR) is 174 cm³/mol. The Labute approximate surface area is 272 Å². The van der Waals surface area contributed by atoms with Crippen LogP contribution in [-0.2, 0) is 25.9 Å². The number of ether oxygens (including phenoxy) is 1. The van der Waals surface area contributed by atoms with Crippen LogP contribution < -0.4 is 5.32 Å². The van der Waals surface area contributed by atoms with E-state index in [2.05, 4.69) is 5.32 Å². The molecule has 4 aromatic carbocycles. The van der Waals surface area contributed by atoms with Gasteiger partial charge in [-0.25, -0.2) is 0 Å². The monoisotopic (exact) mass is 642 g/mol. The van der Waals surface area contributed by atoms with E-state index < -0.39 is 23.1 Å². The van der Waals surface area contributed by atoms with Crippen LogP contribution in [0.4, 0.5) is 13.2 Å². The summed E-state index contributed by atoms with van der Waals surface area (Å²) >= 11 is 0. The van der Waals surface area contributed by atoms with Crippen LogP contribution in [0.3, 0.4) is 0 Å². The zero-order chi connectivity index (χ0) is 33.6. The molecule has 0 saturated heterocycles. The minimum Gasteiger partial charge on any atom is -0.465 e. The van der Waals surface area contributed by atoms with Crippen molar-refractivity contribution in [1.29, 1.82) is 0 Å². The van der Waals surface area contributed by atoms with E-state index in [0.717, 1.165) is 28.8 Å². The number of fused-ring (bicyclic) bond motifs is 1. The van der Waals surface area contributed by atoms with Crippen molar-refractivity contribution in [3.8, 4) is 11.1 Å². The summed E-state index contributed by atoms with van der Waals surface area (Å²) in [4.78, 5) is 42.1. The van der Waals surface area contributed by atoms with Crippen molar-refractivity contribution < 1.29 is 32.3 Å². The summed E-state index contributed by atoms with van der Waals surface area (Å²) in [7, 11) is 1.73. The van der Waals surface area contributed by atoms with Crippen LogP contribution in [0.2, 0.25) is 0 Å². The molecule has 0 fully saturated rings. The van der Waals surface area contributed by atoms with Gasteiger partial charge in [0.25, 0.3) is 5.91 Å². The standard InChI is InChI=1S/C38H37F3N2O4/c1-3-47-36(46)37(27-12-5-4-6-13-27)23-22-32(30-15-9-10-17-33(30)37)35(45)43(2)25-11-24-42-34(44)31-16-8-7-14-29(31)26-18-20-28(21-19-26)38(39,40)41/h4-10,12-21,32H,3,11,22-25H2,1-2H3,(H,42,44). The van der Waals surface area contributed by atoms with Crippen LogP contribution >= 0.6 is 0 Å². The highest BCUT2D eigenvalue weighted by atomic mass is 19.4. The molecule has 0 radical (unpaired) electrons. The second-order valence-electron chi connectivity index (χ2n) is 11.7. The van der Waals surface area contributed by atoms with E-state index in [4.69, 9.17) is 4.74 Å². The van der Waals surface area contributed by atoms with E-state index in [1.165, 1.54) is 12.1 Å². The Hall–Kier alpha value is -4.92. The normalized spacial score (nSPS) is 17.3. The summed E-state index contributed by atoms with van der Waals surface area (Å²) in [5.74, 6) is -1.19. The van der Waals surface area contributed by atoms with Gasteiger partial charge in [0.15, 0.2) is 0 Å². The highest BCUT2D eigenvalue weighted by molar-refractivity contribution is 6.01. The second kappa shape index (κ2) is 14.2. The summed E-state index contributed by atoms with van der Waals surface area (Å²) in [6.07, 6.45) is -3.07. The Kier molecular flexibility index (Phi) is 10.1. The lowest BCUT2D eigenvalue weighted by molar-refractivity contribution is -0.149. The SMILES string of the molecule is CCOC(=O)C1(c2ccccc2)CCC(C(=O)N(C)CCCNC(=O)c2ccccc2-c2ccc(C(F)(F)F)cc2)c2ccccc21. The molecule has 1 aliphatic rings. The van der Waals surface area contributed by atoms with E-state index in [1.807, 2.05) is 54.6 Å². The number of hydrogen-bond donors (Lipinski definition) is 1. The lowest BCUT2D eigenvalue weighted by atomic mass is 9.63. The second-order valence-corrected chi connectivity index (χ2v) is 11.7. The Morgan fingerprint density at radius 3 is 2.26 bits per heavy atom. The molecule has 2 atom stereocenters. The van der Waals surface area contributed by atoms with Crippen LogP contribution in [0.5, 0.6) is 0 Å². The van der Waals surface area contributed by atoms with Gasteiger partial charge in [-0.1, -0.05) is 84.9 Å². The average Bonchev–Trinajstić information content (AvgIpc) is 3.09. The van der Waals surface area contributed by atoms with E-state index in [-0.39, 0.29) is 24.4 Å². The molecule has 1 aliphatic carbocycles. The van der Waals surface area contributed by atoms with Crippen molar-refractivity contribution in [1.82, 2.24) is 10.2 Å². The van der Waals surface area contributed by atoms with Gasteiger partial charge in [-0.3, -0.25) is 14.4 Å². The van der Waals surface area contributed by atoms with Crippen molar-refractivity contribution in [2.75, 3.05) is 26.7 Å². The van der Waals surface area contributed by atoms with E-state index in [9.17, 15) is 27.6 Å². The molecule has 0 bridgehead atoms. The smallest absolute Gasteiger partial charge is 0.416 e. The zero-order valence-corrected chi connectivity index (χ0v) is 26.3. The molecule has 0 aromatic heterocycles. The summed E-state index contributed by atoms with van der Waals surface area (Å²) in [5.41, 5.74) is 2.03. The number of nitrogens with one attached hydrogen (secondary N) is 1. The number of carbonyl (C=O) groups is 3. The van der Waals surface area contributed by atoms with Gasteiger partial charge in [0.05, 0.1) is 18.1 Å². The number of alkyl halides is 3. The maximum absolute atomic E-state index is 13.8.